The average molecular weight is 962 g/mol. The molecule has 4 aromatic carbocycles. The molecule has 0 unspecified atom stereocenters. The summed E-state index contributed by atoms with van der Waals surface area (Å²) in [5.41, 5.74) is 17.1. The molecule has 0 radical (unpaired) electrons. The van der Waals surface area contributed by atoms with Gasteiger partial charge in [0.2, 0.25) is 35.4 Å². The third kappa shape index (κ3) is 12.5. The highest BCUT2D eigenvalue weighted by molar-refractivity contribution is 5.99. The molecule has 1 aliphatic heterocycles. The lowest BCUT2D eigenvalue weighted by Crippen LogP contribution is -2.62. The molecule has 370 valence electrons. The lowest BCUT2D eigenvalue weighted by molar-refractivity contribution is -0.136. The fourth-order valence-corrected chi connectivity index (χ4v) is 9.41. The van der Waals surface area contributed by atoms with E-state index in [4.69, 9.17) is 11.5 Å². The number of nitrogens with one attached hydrogen (secondary N) is 9. The maximum atomic E-state index is 15.0. The molecule has 0 spiro atoms. The van der Waals surface area contributed by atoms with Gasteiger partial charge in [-0.25, -0.2) is 0 Å². The molecule has 7 aromatic rings. The minimum Gasteiger partial charge on any atom is -0.361 e. The summed E-state index contributed by atoms with van der Waals surface area (Å²) in [5, 5.41) is 20.2. The van der Waals surface area contributed by atoms with Crippen LogP contribution in [0.25, 0.3) is 32.7 Å². The average Bonchev–Trinajstić information content (AvgIpc) is 4.12. The number of rotatable bonds is 16. The number of aromatic nitrogens is 3. The Balaban J connectivity index is 1.21. The monoisotopic (exact) mass is 961 g/mol. The molecule has 1 saturated heterocycles. The number of amides is 6. The van der Waals surface area contributed by atoms with Crippen LogP contribution in [0.1, 0.15) is 60.8 Å². The molecule has 8 rings (SSSR count). The van der Waals surface area contributed by atoms with Gasteiger partial charge in [-0.3, -0.25) is 28.8 Å². The SMILES string of the molecule is NCCCC[C@@H]1NC(=O)[C@@H](CCCCN)NC(=O)[C@H](Cc2c[nH]c3ccccc23)NC(=O)[C@@H](Cc2c[nH]c3ccccc23)NC(=O)[C@H](Cc2ccccc2)NC(=O)[C@@H](Cc2c[nH]c3ccccc23)NC1=O. The molecule has 4 heterocycles. The van der Waals surface area contributed by atoms with Crippen LogP contribution in [0.3, 0.4) is 0 Å². The van der Waals surface area contributed by atoms with Gasteiger partial charge in [-0.15, -0.1) is 0 Å². The number of aromatic amines is 3. The maximum absolute atomic E-state index is 15.0. The van der Waals surface area contributed by atoms with E-state index in [0.717, 1.165) is 55.0 Å². The van der Waals surface area contributed by atoms with Crippen LogP contribution in [0.15, 0.2) is 122 Å². The predicted molar refractivity (Wildman–Crippen MR) is 274 cm³/mol. The largest absolute Gasteiger partial charge is 0.361 e. The van der Waals surface area contributed by atoms with Crippen molar-refractivity contribution in [3.05, 3.63) is 144 Å². The van der Waals surface area contributed by atoms with Crippen molar-refractivity contribution >= 4 is 68.2 Å². The zero-order valence-corrected chi connectivity index (χ0v) is 39.6. The summed E-state index contributed by atoms with van der Waals surface area (Å²) in [4.78, 5) is 98.6. The Bertz CT molecular complexity index is 2960. The predicted octanol–water partition coefficient (Wildman–Crippen LogP) is 3.58. The Labute approximate surface area is 411 Å². The fourth-order valence-electron chi connectivity index (χ4n) is 9.41. The van der Waals surface area contributed by atoms with Gasteiger partial charge >= 0.3 is 0 Å². The van der Waals surface area contributed by atoms with Crippen LogP contribution in [-0.2, 0) is 54.5 Å². The number of unbranched alkanes of at least 4 members (excludes halogenated alkanes) is 2. The number of H-pyrrole nitrogens is 3. The molecule has 0 aliphatic carbocycles. The van der Waals surface area contributed by atoms with E-state index >= 15 is 4.79 Å². The smallest absolute Gasteiger partial charge is 0.243 e. The quantitative estimate of drug-likeness (QED) is 0.0636. The Morgan fingerprint density at radius 1 is 0.338 bits per heavy atom. The maximum Gasteiger partial charge on any atom is 0.243 e. The molecule has 1 aliphatic rings. The number of hydrogen-bond acceptors (Lipinski definition) is 8. The summed E-state index contributed by atoms with van der Waals surface area (Å²) in [6.07, 6.45) is 7.80. The molecule has 0 bridgehead atoms. The number of nitrogens with two attached hydrogens (primary N) is 2. The van der Waals surface area contributed by atoms with E-state index in [1.54, 1.807) is 18.6 Å². The van der Waals surface area contributed by atoms with Crippen LogP contribution in [0.5, 0.6) is 0 Å². The lowest BCUT2D eigenvalue weighted by atomic mass is 9.99. The first-order chi connectivity index (χ1) is 34.6. The summed E-state index contributed by atoms with van der Waals surface area (Å²) >= 11 is 0. The van der Waals surface area contributed by atoms with E-state index in [1.165, 1.54) is 0 Å². The van der Waals surface area contributed by atoms with Crippen LogP contribution in [0, 0.1) is 0 Å². The van der Waals surface area contributed by atoms with E-state index in [0.29, 0.717) is 38.8 Å². The highest BCUT2D eigenvalue weighted by atomic mass is 16.2. The molecule has 13 N–H and O–H groups in total. The molecular weight excluding hydrogens is 899 g/mol. The molecule has 71 heavy (non-hydrogen) atoms. The number of carbonyl (C=O) groups is 6. The second-order valence-electron chi connectivity index (χ2n) is 18.3. The third-order valence-electron chi connectivity index (χ3n) is 13.3. The van der Waals surface area contributed by atoms with E-state index in [-0.39, 0.29) is 38.5 Å². The third-order valence-corrected chi connectivity index (χ3v) is 13.3. The van der Waals surface area contributed by atoms with Crippen molar-refractivity contribution in [2.75, 3.05) is 13.1 Å². The number of para-hydroxylation sites is 3. The summed E-state index contributed by atoms with van der Waals surface area (Å²) in [5.74, 6) is -3.88. The summed E-state index contributed by atoms with van der Waals surface area (Å²) in [7, 11) is 0. The van der Waals surface area contributed by atoms with Crippen molar-refractivity contribution < 1.29 is 28.8 Å². The van der Waals surface area contributed by atoms with Gasteiger partial charge in [0.05, 0.1) is 0 Å². The van der Waals surface area contributed by atoms with Crippen molar-refractivity contribution in [2.45, 2.75) is 100 Å². The van der Waals surface area contributed by atoms with Gasteiger partial charge in [-0.2, -0.15) is 0 Å². The van der Waals surface area contributed by atoms with Crippen molar-refractivity contribution in [3.63, 3.8) is 0 Å². The van der Waals surface area contributed by atoms with Crippen molar-refractivity contribution in [2.24, 2.45) is 11.5 Å². The Hall–Kier alpha value is -7.76. The molecule has 6 atom stereocenters. The van der Waals surface area contributed by atoms with Gasteiger partial charge < -0.3 is 58.3 Å². The van der Waals surface area contributed by atoms with Crippen molar-refractivity contribution in [3.8, 4) is 0 Å². The molecule has 1 fully saturated rings. The fraction of sp³-hybridized carbons (Fsp3) is 0.333. The molecular formula is C54H63N11O6. The molecule has 0 saturated carbocycles. The second-order valence-corrected chi connectivity index (χ2v) is 18.3. The van der Waals surface area contributed by atoms with Gasteiger partial charge in [0.15, 0.2) is 0 Å². The van der Waals surface area contributed by atoms with Crippen molar-refractivity contribution in [1.82, 2.24) is 46.9 Å². The summed E-state index contributed by atoms with van der Waals surface area (Å²) in [6, 6.07) is 24.6. The number of hydrogen-bond donors (Lipinski definition) is 11. The highest BCUT2D eigenvalue weighted by Gasteiger charge is 2.36. The zero-order valence-electron chi connectivity index (χ0n) is 39.6. The first-order valence-electron chi connectivity index (χ1n) is 24.5. The molecule has 6 amide bonds. The van der Waals surface area contributed by atoms with Crippen LogP contribution < -0.4 is 43.4 Å². The molecule has 17 nitrogen and oxygen atoms in total. The Kier molecular flexibility index (Phi) is 16.6. The lowest BCUT2D eigenvalue weighted by Gasteiger charge is -2.29. The van der Waals surface area contributed by atoms with E-state index in [9.17, 15) is 24.0 Å². The van der Waals surface area contributed by atoms with Crippen LogP contribution in [-0.4, -0.2) is 99.7 Å². The van der Waals surface area contributed by atoms with Gasteiger partial charge in [0.25, 0.3) is 0 Å². The molecule has 3 aromatic heterocycles. The number of benzene rings is 4. The van der Waals surface area contributed by atoms with E-state index < -0.39 is 71.7 Å². The zero-order chi connectivity index (χ0) is 49.7. The normalized spacial score (nSPS) is 20.9. The van der Waals surface area contributed by atoms with Gasteiger partial charge in [0.1, 0.15) is 36.3 Å². The first kappa shape index (κ1) is 49.7. The Morgan fingerprint density at radius 2 is 0.634 bits per heavy atom. The highest BCUT2D eigenvalue weighted by Crippen LogP contribution is 2.23. The molecule has 17 heteroatoms. The number of carbonyl (C=O) groups excluding carboxylic acids is 6. The van der Waals surface area contributed by atoms with Crippen molar-refractivity contribution in [1.29, 1.82) is 0 Å². The standard InChI is InChI=1S/C54H63N11O6/c55-24-12-10-22-43-49(66)60-44(23-11-13-25-56)50(67)63-47(28-35-31-58-41-20-8-5-17-38(35)41)53(70)62-45(26-33-14-2-1-3-15-33)51(68)64-48(29-36-32-59-42-21-9-6-18-39(36)42)54(71)65-46(52(69)61-43)27-34-30-57-40-19-7-4-16-37(34)40/h1-9,14-21,30-32,43-48,57-59H,10-13,22-29,55-56H2,(H,60,66)(H,61,69)(H,62,70)(H,63,67)(H,64,68)(H,65,71)/t43-,44+,45+,46+,47-,48-/m1/s1. The van der Waals surface area contributed by atoms with Crippen LogP contribution in [0.4, 0.5) is 0 Å². The van der Waals surface area contributed by atoms with E-state index in [2.05, 4.69) is 46.9 Å². The minimum absolute atomic E-state index is 0.00389. The first-order valence-corrected chi connectivity index (χ1v) is 24.5. The number of fused-ring (bicyclic) bond motifs is 3. The minimum atomic E-state index is -1.27. The summed E-state index contributed by atoms with van der Waals surface area (Å²) < 4.78 is 0. The second kappa shape index (κ2) is 23.7. The summed E-state index contributed by atoms with van der Waals surface area (Å²) in [6.45, 7) is 0.698. The van der Waals surface area contributed by atoms with Crippen LogP contribution in [0.2, 0.25) is 0 Å². The van der Waals surface area contributed by atoms with Gasteiger partial charge in [-0.1, -0.05) is 84.9 Å². The van der Waals surface area contributed by atoms with E-state index in [1.807, 2.05) is 103 Å². The van der Waals surface area contributed by atoms with Crippen LogP contribution >= 0.6 is 0 Å². The van der Waals surface area contributed by atoms with Gasteiger partial charge in [0, 0.05) is 77.0 Å². The van der Waals surface area contributed by atoms with Gasteiger partial charge in [-0.05, 0) is 92.1 Å². The topological polar surface area (TPSA) is 274 Å². The Morgan fingerprint density at radius 3 is 0.986 bits per heavy atom.